The summed E-state index contributed by atoms with van der Waals surface area (Å²) in [6.07, 6.45) is 7.82. The zero-order chi connectivity index (χ0) is 21.1. The van der Waals surface area contributed by atoms with Crippen molar-refractivity contribution in [3.05, 3.63) is 71.4 Å². The van der Waals surface area contributed by atoms with Gasteiger partial charge in [-0.25, -0.2) is 13.1 Å². The lowest BCUT2D eigenvalue weighted by Crippen LogP contribution is -2.24. The van der Waals surface area contributed by atoms with E-state index in [-0.39, 0.29) is 17.0 Å². The van der Waals surface area contributed by atoms with Crippen molar-refractivity contribution in [1.29, 1.82) is 0 Å². The molecule has 152 valence electrons. The molecule has 0 radical (unpaired) electrons. The SMILES string of the molecule is C#CCNS(=O)(=O)c1cccc(C(=O)Nc2c3c(nn2-c2ccccc2)CCC3)c1. The van der Waals surface area contributed by atoms with Crippen LogP contribution in [0.2, 0.25) is 0 Å². The largest absolute Gasteiger partial charge is 0.306 e. The van der Waals surface area contributed by atoms with Gasteiger partial charge in [-0.1, -0.05) is 30.2 Å². The number of fused-ring (bicyclic) bond motifs is 1. The number of nitrogens with one attached hydrogen (secondary N) is 2. The first kappa shape index (κ1) is 19.9. The summed E-state index contributed by atoms with van der Waals surface area (Å²) in [5.74, 6) is 2.44. The van der Waals surface area contributed by atoms with Gasteiger partial charge in [0.05, 0.1) is 22.8 Å². The van der Waals surface area contributed by atoms with Gasteiger partial charge in [0.2, 0.25) is 10.0 Å². The molecular weight excluding hydrogens is 400 g/mol. The number of hydrogen-bond acceptors (Lipinski definition) is 4. The van der Waals surface area contributed by atoms with Gasteiger partial charge in [-0.05, 0) is 49.6 Å². The van der Waals surface area contributed by atoms with Crippen molar-refractivity contribution < 1.29 is 13.2 Å². The number of amides is 1. The van der Waals surface area contributed by atoms with E-state index in [0.717, 1.165) is 36.2 Å². The van der Waals surface area contributed by atoms with Crippen molar-refractivity contribution in [1.82, 2.24) is 14.5 Å². The van der Waals surface area contributed by atoms with Crippen LogP contribution in [-0.2, 0) is 22.9 Å². The van der Waals surface area contributed by atoms with Crippen molar-refractivity contribution in [3.8, 4) is 18.0 Å². The number of sulfonamides is 1. The maximum atomic E-state index is 13.0. The summed E-state index contributed by atoms with van der Waals surface area (Å²) >= 11 is 0. The first-order valence-corrected chi connectivity index (χ1v) is 11.0. The second-order valence-corrected chi connectivity index (χ2v) is 8.65. The van der Waals surface area contributed by atoms with Crippen molar-refractivity contribution in [2.45, 2.75) is 24.2 Å². The summed E-state index contributed by atoms with van der Waals surface area (Å²) in [5.41, 5.74) is 3.07. The van der Waals surface area contributed by atoms with Crippen molar-refractivity contribution in [3.63, 3.8) is 0 Å². The van der Waals surface area contributed by atoms with E-state index >= 15 is 0 Å². The fourth-order valence-corrected chi connectivity index (χ4v) is 4.46. The molecular formula is C22H20N4O3S. The average Bonchev–Trinajstić information content (AvgIpc) is 3.35. The van der Waals surface area contributed by atoms with Crippen LogP contribution in [0.1, 0.15) is 28.0 Å². The van der Waals surface area contributed by atoms with E-state index in [1.807, 2.05) is 30.3 Å². The van der Waals surface area contributed by atoms with Gasteiger partial charge in [-0.15, -0.1) is 6.42 Å². The molecule has 2 N–H and O–H groups in total. The molecule has 0 unspecified atom stereocenters. The van der Waals surface area contributed by atoms with E-state index in [9.17, 15) is 13.2 Å². The number of nitrogens with zero attached hydrogens (tertiary/aromatic N) is 2. The van der Waals surface area contributed by atoms with Gasteiger partial charge in [-0.3, -0.25) is 4.79 Å². The minimum atomic E-state index is -3.79. The molecule has 0 saturated carbocycles. The summed E-state index contributed by atoms with van der Waals surface area (Å²) in [4.78, 5) is 13.0. The highest BCUT2D eigenvalue weighted by Crippen LogP contribution is 2.31. The second-order valence-electron chi connectivity index (χ2n) is 6.89. The number of anilines is 1. The fourth-order valence-electron chi connectivity index (χ4n) is 3.48. The third-order valence-corrected chi connectivity index (χ3v) is 6.31. The number of benzene rings is 2. The zero-order valence-corrected chi connectivity index (χ0v) is 16.9. The highest BCUT2D eigenvalue weighted by molar-refractivity contribution is 7.89. The Balaban J connectivity index is 1.66. The zero-order valence-electron chi connectivity index (χ0n) is 16.1. The van der Waals surface area contributed by atoms with E-state index < -0.39 is 15.9 Å². The third kappa shape index (κ3) is 3.85. The van der Waals surface area contributed by atoms with E-state index in [2.05, 4.69) is 21.1 Å². The molecule has 0 spiro atoms. The van der Waals surface area contributed by atoms with Gasteiger partial charge in [-0.2, -0.15) is 9.82 Å². The average molecular weight is 420 g/mol. The highest BCUT2D eigenvalue weighted by Gasteiger charge is 2.25. The molecule has 0 bridgehead atoms. The van der Waals surface area contributed by atoms with Gasteiger partial charge in [0.25, 0.3) is 5.91 Å². The molecule has 3 aromatic rings. The molecule has 30 heavy (non-hydrogen) atoms. The lowest BCUT2D eigenvalue weighted by Gasteiger charge is -2.12. The maximum Gasteiger partial charge on any atom is 0.256 e. The number of carbonyl (C=O) groups is 1. The van der Waals surface area contributed by atoms with Gasteiger partial charge in [0, 0.05) is 11.1 Å². The topological polar surface area (TPSA) is 93.1 Å². The Hall–Kier alpha value is -3.41. The van der Waals surface area contributed by atoms with Gasteiger partial charge in [0.15, 0.2) is 0 Å². The van der Waals surface area contributed by atoms with Gasteiger partial charge >= 0.3 is 0 Å². The molecule has 1 amide bonds. The van der Waals surface area contributed by atoms with Crippen LogP contribution in [-0.4, -0.2) is 30.7 Å². The van der Waals surface area contributed by atoms with E-state index in [1.54, 1.807) is 10.7 Å². The predicted octanol–water partition coefficient (Wildman–Crippen LogP) is 2.52. The Morgan fingerprint density at radius 2 is 1.93 bits per heavy atom. The Kier molecular flexibility index (Phi) is 5.40. The molecule has 0 aliphatic heterocycles. The smallest absolute Gasteiger partial charge is 0.256 e. The normalized spacial score (nSPS) is 12.9. The summed E-state index contributed by atoms with van der Waals surface area (Å²) in [6.45, 7) is -0.124. The first-order valence-electron chi connectivity index (χ1n) is 9.50. The summed E-state index contributed by atoms with van der Waals surface area (Å²) in [5, 5.41) is 7.62. The van der Waals surface area contributed by atoms with Crippen LogP contribution in [0.25, 0.3) is 5.69 Å². The number of aromatic nitrogens is 2. The van der Waals surface area contributed by atoms with E-state index in [0.29, 0.717) is 5.82 Å². The standard InChI is InChI=1S/C22H20N4O3S/c1-2-14-23-30(28,29)18-11-6-8-16(15-18)22(27)24-21-19-12-7-13-20(19)25-26(21)17-9-4-3-5-10-17/h1,3-6,8-11,15,23H,7,12-14H2,(H,24,27). The number of carbonyl (C=O) groups excluding carboxylic acids is 1. The van der Waals surface area contributed by atoms with Crippen LogP contribution in [0.4, 0.5) is 5.82 Å². The molecule has 1 heterocycles. The lowest BCUT2D eigenvalue weighted by atomic mass is 10.2. The Morgan fingerprint density at radius 3 is 2.70 bits per heavy atom. The van der Waals surface area contributed by atoms with Crippen LogP contribution >= 0.6 is 0 Å². The van der Waals surface area contributed by atoms with E-state index in [1.165, 1.54) is 18.2 Å². The molecule has 2 aromatic carbocycles. The minimum Gasteiger partial charge on any atom is -0.306 e. The molecule has 8 heteroatoms. The lowest BCUT2D eigenvalue weighted by molar-refractivity contribution is 0.102. The van der Waals surface area contributed by atoms with E-state index in [4.69, 9.17) is 6.42 Å². The highest BCUT2D eigenvalue weighted by atomic mass is 32.2. The van der Waals surface area contributed by atoms with Crippen molar-refractivity contribution in [2.24, 2.45) is 0 Å². The minimum absolute atomic E-state index is 0.0211. The Labute approximate surface area is 175 Å². The number of terminal acetylenes is 1. The number of hydrogen-bond donors (Lipinski definition) is 2. The number of para-hydroxylation sites is 1. The Bertz CT molecular complexity index is 1240. The molecule has 0 fully saturated rings. The summed E-state index contributed by atoms with van der Waals surface area (Å²) in [6, 6.07) is 15.4. The molecule has 0 atom stereocenters. The second kappa shape index (κ2) is 8.14. The van der Waals surface area contributed by atoms with Crippen molar-refractivity contribution in [2.75, 3.05) is 11.9 Å². The van der Waals surface area contributed by atoms with Crippen LogP contribution in [0, 0.1) is 12.3 Å². The summed E-state index contributed by atoms with van der Waals surface area (Å²) < 4.78 is 28.7. The molecule has 4 rings (SSSR count). The Morgan fingerprint density at radius 1 is 1.13 bits per heavy atom. The number of aryl methyl sites for hydroxylation is 1. The molecule has 0 saturated heterocycles. The van der Waals surface area contributed by atoms with Crippen LogP contribution in [0.5, 0.6) is 0 Å². The molecule has 1 aliphatic carbocycles. The summed E-state index contributed by atoms with van der Waals surface area (Å²) in [7, 11) is -3.79. The molecule has 1 aromatic heterocycles. The first-order chi connectivity index (χ1) is 14.5. The quantitative estimate of drug-likeness (QED) is 0.600. The van der Waals surface area contributed by atoms with Crippen LogP contribution < -0.4 is 10.0 Å². The van der Waals surface area contributed by atoms with Crippen molar-refractivity contribution >= 4 is 21.7 Å². The predicted molar refractivity (Wildman–Crippen MR) is 114 cm³/mol. The monoisotopic (exact) mass is 420 g/mol. The maximum absolute atomic E-state index is 13.0. The van der Waals surface area contributed by atoms with Crippen LogP contribution in [0.3, 0.4) is 0 Å². The van der Waals surface area contributed by atoms with Crippen LogP contribution in [0.15, 0.2) is 59.5 Å². The number of rotatable bonds is 6. The third-order valence-electron chi connectivity index (χ3n) is 4.91. The molecule has 1 aliphatic rings. The fraction of sp³-hybridized carbons (Fsp3) is 0.182. The van der Waals surface area contributed by atoms with Gasteiger partial charge in [0.1, 0.15) is 5.82 Å². The molecule has 7 nitrogen and oxygen atoms in total. The van der Waals surface area contributed by atoms with Gasteiger partial charge < -0.3 is 5.32 Å².